The fourth-order valence-electron chi connectivity index (χ4n) is 2.73. The Morgan fingerprint density at radius 3 is 2.77 bits per heavy atom. The number of hydrogen-bond donors (Lipinski definition) is 0. The molecule has 2 aromatic rings. The van der Waals surface area contributed by atoms with Gasteiger partial charge in [0.15, 0.2) is 0 Å². The normalized spacial score (nSPS) is 21.2. The Morgan fingerprint density at radius 1 is 1.27 bits per heavy atom. The van der Waals surface area contributed by atoms with Crippen LogP contribution in [0.1, 0.15) is 23.1 Å². The lowest BCUT2D eigenvalue weighted by atomic mass is 10.1. The van der Waals surface area contributed by atoms with E-state index in [1.165, 1.54) is 15.3 Å². The zero-order valence-electron chi connectivity index (χ0n) is 12.0. The van der Waals surface area contributed by atoms with Gasteiger partial charge in [-0.05, 0) is 12.0 Å². The molecular weight excluding hydrogens is 307 g/mol. The van der Waals surface area contributed by atoms with E-state index in [9.17, 15) is 12.8 Å². The number of sulfonamides is 1. The summed E-state index contributed by atoms with van der Waals surface area (Å²) in [6, 6.07) is 9.20. The summed E-state index contributed by atoms with van der Waals surface area (Å²) < 4.78 is 40.6. The molecular formula is C14H17FN4O2S. The quantitative estimate of drug-likeness (QED) is 0.836. The largest absolute Gasteiger partial charge is 0.249 e. The molecule has 1 fully saturated rings. The second-order valence-electron chi connectivity index (χ2n) is 5.15. The maximum absolute atomic E-state index is 12.7. The van der Waals surface area contributed by atoms with Gasteiger partial charge in [0, 0.05) is 6.54 Å². The predicted molar refractivity (Wildman–Crippen MR) is 79.1 cm³/mol. The number of benzene rings is 1. The van der Waals surface area contributed by atoms with Gasteiger partial charge in [0.25, 0.3) is 0 Å². The van der Waals surface area contributed by atoms with Crippen LogP contribution in [0.4, 0.5) is 4.39 Å². The molecule has 6 nitrogen and oxygen atoms in total. The van der Waals surface area contributed by atoms with E-state index in [4.69, 9.17) is 0 Å². The third-order valence-electron chi connectivity index (χ3n) is 3.84. The molecule has 0 aliphatic carbocycles. The molecule has 3 rings (SSSR count). The first kappa shape index (κ1) is 15.1. The van der Waals surface area contributed by atoms with Gasteiger partial charge in [-0.2, -0.15) is 9.40 Å². The predicted octanol–water partition coefficient (Wildman–Crippen LogP) is 1.52. The molecule has 0 unspecified atom stereocenters. The van der Waals surface area contributed by atoms with Gasteiger partial charge >= 0.3 is 0 Å². The lowest BCUT2D eigenvalue weighted by Crippen LogP contribution is -2.28. The van der Waals surface area contributed by atoms with E-state index in [1.807, 2.05) is 30.3 Å². The molecule has 22 heavy (non-hydrogen) atoms. The van der Waals surface area contributed by atoms with Crippen molar-refractivity contribution in [2.24, 2.45) is 0 Å². The number of aromatic nitrogens is 3. The molecule has 118 valence electrons. The lowest BCUT2D eigenvalue weighted by molar-refractivity contribution is 0.386. The van der Waals surface area contributed by atoms with E-state index in [0.29, 0.717) is 18.8 Å². The van der Waals surface area contributed by atoms with Crippen molar-refractivity contribution in [3.05, 3.63) is 48.0 Å². The first-order chi connectivity index (χ1) is 10.6. The van der Waals surface area contributed by atoms with Crippen LogP contribution < -0.4 is 0 Å². The highest BCUT2D eigenvalue weighted by molar-refractivity contribution is 7.89. The van der Waals surface area contributed by atoms with Crippen molar-refractivity contribution in [3.8, 4) is 0 Å². The Balaban J connectivity index is 1.80. The van der Waals surface area contributed by atoms with Crippen molar-refractivity contribution < 1.29 is 12.8 Å². The smallest absolute Gasteiger partial charge is 0.221 e. The average Bonchev–Trinajstić information content (AvgIpc) is 3.06. The molecule has 1 aromatic carbocycles. The van der Waals surface area contributed by atoms with E-state index in [2.05, 4.69) is 10.1 Å². The Hall–Kier alpha value is -1.80. The molecule has 0 saturated carbocycles. The van der Waals surface area contributed by atoms with Crippen LogP contribution in [-0.2, 0) is 23.1 Å². The van der Waals surface area contributed by atoms with Gasteiger partial charge < -0.3 is 0 Å². The second kappa shape index (κ2) is 6.13. The molecule has 1 aliphatic rings. The van der Waals surface area contributed by atoms with Crippen LogP contribution in [0.25, 0.3) is 0 Å². The van der Waals surface area contributed by atoms with Gasteiger partial charge in [0.1, 0.15) is 24.1 Å². The third kappa shape index (κ3) is 2.76. The number of rotatable bonds is 5. The van der Waals surface area contributed by atoms with Crippen LogP contribution in [0.5, 0.6) is 0 Å². The summed E-state index contributed by atoms with van der Waals surface area (Å²) in [4.78, 5) is 4.04. The van der Waals surface area contributed by atoms with Crippen LogP contribution in [0.3, 0.4) is 0 Å². The number of hydrogen-bond acceptors (Lipinski definition) is 4. The summed E-state index contributed by atoms with van der Waals surface area (Å²) in [6.07, 6.45) is 1.87. The fraction of sp³-hybridized carbons (Fsp3) is 0.429. The minimum Gasteiger partial charge on any atom is -0.249 e. The fourth-order valence-corrected chi connectivity index (χ4v) is 4.65. The molecule has 0 radical (unpaired) electrons. The van der Waals surface area contributed by atoms with Gasteiger partial charge in [-0.1, -0.05) is 30.3 Å². The zero-order valence-corrected chi connectivity index (χ0v) is 12.8. The van der Waals surface area contributed by atoms with E-state index in [0.717, 1.165) is 5.56 Å². The van der Waals surface area contributed by atoms with E-state index in [-0.39, 0.29) is 13.1 Å². The molecule has 1 saturated heterocycles. The third-order valence-corrected chi connectivity index (χ3v) is 6.10. The Bertz CT molecular complexity index is 732. The second-order valence-corrected chi connectivity index (χ2v) is 7.27. The molecule has 0 N–H and O–H groups in total. The van der Waals surface area contributed by atoms with E-state index in [1.54, 1.807) is 0 Å². The van der Waals surface area contributed by atoms with Crippen molar-refractivity contribution in [1.82, 2.24) is 19.1 Å². The highest BCUT2D eigenvalue weighted by atomic mass is 32.2. The minimum atomic E-state index is -3.43. The highest BCUT2D eigenvalue weighted by Crippen LogP contribution is 2.35. The maximum atomic E-state index is 12.7. The summed E-state index contributed by atoms with van der Waals surface area (Å²) in [5, 5.41) is 3.40. The summed E-state index contributed by atoms with van der Waals surface area (Å²) in [7, 11) is -3.43. The number of halogens is 1. The minimum absolute atomic E-state index is 0.0886. The first-order valence-corrected chi connectivity index (χ1v) is 8.60. The van der Waals surface area contributed by atoms with E-state index >= 15 is 0 Å². The van der Waals surface area contributed by atoms with Crippen LogP contribution in [0.2, 0.25) is 0 Å². The van der Waals surface area contributed by atoms with Gasteiger partial charge in [-0.3, -0.25) is 0 Å². The van der Waals surface area contributed by atoms with Crippen molar-refractivity contribution in [2.75, 3.05) is 13.2 Å². The number of nitrogens with zero attached hydrogens (tertiary/aromatic N) is 4. The molecule has 1 aromatic heterocycles. The Labute approximate surface area is 128 Å². The Morgan fingerprint density at radius 2 is 2.05 bits per heavy atom. The van der Waals surface area contributed by atoms with Crippen LogP contribution in [0.15, 0.2) is 36.7 Å². The molecule has 0 amide bonds. The van der Waals surface area contributed by atoms with Crippen molar-refractivity contribution in [3.63, 3.8) is 0 Å². The van der Waals surface area contributed by atoms with Crippen LogP contribution >= 0.6 is 0 Å². The first-order valence-electron chi connectivity index (χ1n) is 7.09. The zero-order chi connectivity index (χ0) is 15.6. The van der Waals surface area contributed by atoms with Crippen molar-refractivity contribution in [1.29, 1.82) is 0 Å². The summed E-state index contributed by atoms with van der Waals surface area (Å²) in [6.45, 7) is 0.0944. The van der Waals surface area contributed by atoms with Crippen LogP contribution in [0, 0.1) is 0 Å². The molecule has 1 aliphatic heterocycles. The molecule has 0 bridgehead atoms. The average molecular weight is 324 g/mol. The monoisotopic (exact) mass is 324 g/mol. The molecule has 1 atom stereocenters. The molecule has 0 spiro atoms. The van der Waals surface area contributed by atoms with Gasteiger partial charge in [0.2, 0.25) is 10.0 Å². The van der Waals surface area contributed by atoms with Gasteiger partial charge in [-0.15, -0.1) is 0 Å². The lowest BCUT2D eigenvalue weighted by Gasteiger charge is -2.17. The SMILES string of the molecule is O=S1(=O)[C@H](c2ccccc2)CCN1Cc1ncnn1CCF. The topological polar surface area (TPSA) is 68.1 Å². The maximum Gasteiger partial charge on any atom is 0.221 e. The summed E-state index contributed by atoms with van der Waals surface area (Å²) in [5.41, 5.74) is 0.801. The van der Waals surface area contributed by atoms with Crippen molar-refractivity contribution >= 4 is 10.0 Å². The standard InChI is InChI=1S/C14H17FN4O2S/c15-7-9-19-14(16-11-17-19)10-18-8-6-13(22(18,20)21)12-4-2-1-3-5-12/h1-5,11,13H,6-10H2/t13-/m0/s1. The van der Waals surface area contributed by atoms with Crippen LogP contribution in [-0.4, -0.2) is 40.7 Å². The number of aryl methyl sites for hydroxylation is 1. The summed E-state index contributed by atoms with van der Waals surface area (Å²) in [5.74, 6) is 0.468. The Kier molecular flexibility index (Phi) is 4.21. The summed E-state index contributed by atoms with van der Waals surface area (Å²) >= 11 is 0. The highest BCUT2D eigenvalue weighted by Gasteiger charge is 2.40. The molecule has 2 heterocycles. The molecule has 8 heteroatoms. The van der Waals surface area contributed by atoms with Gasteiger partial charge in [-0.25, -0.2) is 22.5 Å². The van der Waals surface area contributed by atoms with Gasteiger partial charge in [0.05, 0.1) is 13.1 Å². The van der Waals surface area contributed by atoms with E-state index < -0.39 is 21.9 Å². The van der Waals surface area contributed by atoms with Crippen molar-refractivity contribution in [2.45, 2.75) is 24.8 Å². The number of alkyl halides is 1.